The molecular formula is C7H9F3O2. The maximum absolute atomic E-state index is 12.0. The Morgan fingerprint density at radius 1 is 1.58 bits per heavy atom. The molecule has 0 radical (unpaired) electrons. The van der Waals surface area contributed by atoms with E-state index >= 15 is 0 Å². The number of allylic oxidation sites excluding steroid dienone is 1. The second-order valence-corrected chi connectivity index (χ2v) is 2.62. The van der Waals surface area contributed by atoms with Crippen LogP contribution in [0, 0.1) is 0 Å². The van der Waals surface area contributed by atoms with Crippen LogP contribution in [0.4, 0.5) is 13.2 Å². The van der Waals surface area contributed by atoms with Gasteiger partial charge in [0.1, 0.15) is 6.10 Å². The fraction of sp³-hybridized carbons (Fsp3) is 0.714. The summed E-state index contributed by atoms with van der Waals surface area (Å²) in [5.74, 6) is 0. The van der Waals surface area contributed by atoms with Gasteiger partial charge in [-0.15, -0.1) is 0 Å². The molecule has 70 valence electrons. The topological polar surface area (TPSA) is 29.5 Å². The van der Waals surface area contributed by atoms with Gasteiger partial charge in [0.15, 0.2) is 0 Å². The molecule has 0 aromatic carbocycles. The number of ether oxygens (including phenoxy) is 1. The summed E-state index contributed by atoms with van der Waals surface area (Å²) < 4.78 is 40.5. The monoisotopic (exact) mass is 182 g/mol. The van der Waals surface area contributed by atoms with Crippen LogP contribution in [0.25, 0.3) is 0 Å². The Morgan fingerprint density at radius 2 is 2.25 bits per heavy atom. The van der Waals surface area contributed by atoms with Crippen LogP contribution in [0.15, 0.2) is 11.8 Å². The first-order valence-corrected chi connectivity index (χ1v) is 3.56. The third kappa shape index (κ3) is 2.14. The number of alkyl halides is 3. The molecule has 12 heavy (non-hydrogen) atoms. The van der Waals surface area contributed by atoms with Crippen LogP contribution in [-0.2, 0) is 4.74 Å². The van der Waals surface area contributed by atoms with E-state index < -0.39 is 17.9 Å². The summed E-state index contributed by atoms with van der Waals surface area (Å²) in [4.78, 5) is 0. The molecule has 5 heteroatoms. The molecule has 0 aliphatic carbocycles. The number of aliphatic hydroxyl groups is 1. The van der Waals surface area contributed by atoms with Crippen LogP contribution in [0.1, 0.15) is 12.8 Å². The molecule has 1 rings (SSSR count). The summed E-state index contributed by atoms with van der Waals surface area (Å²) in [5, 5.41) is 8.54. The SMILES string of the molecule is OC[C@H]1CCC(C(F)(F)F)=CO1. The fourth-order valence-corrected chi connectivity index (χ4v) is 0.965. The Morgan fingerprint density at radius 3 is 2.58 bits per heavy atom. The van der Waals surface area contributed by atoms with E-state index in [0.29, 0.717) is 6.26 Å². The number of hydrogen-bond donors (Lipinski definition) is 1. The summed E-state index contributed by atoms with van der Waals surface area (Å²) in [6, 6.07) is 0. The molecule has 1 aliphatic heterocycles. The minimum absolute atomic E-state index is 0.0747. The van der Waals surface area contributed by atoms with Crippen LogP contribution >= 0.6 is 0 Å². The van der Waals surface area contributed by atoms with Gasteiger partial charge in [-0.05, 0) is 12.8 Å². The highest BCUT2D eigenvalue weighted by Gasteiger charge is 2.36. The molecule has 0 saturated carbocycles. The molecule has 0 amide bonds. The zero-order chi connectivity index (χ0) is 9.19. The lowest BCUT2D eigenvalue weighted by molar-refractivity contribution is -0.102. The van der Waals surface area contributed by atoms with Crippen molar-refractivity contribution in [3.63, 3.8) is 0 Å². The van der Waals surface area contributed by atoms with E-state index in [9.17, 15) is 13.2 Å². The molecule has 1 N–H and O–H groups in total. The van der Waals surface area contributed by atoms with Gasteiger partial charge in [0, 0.05) is 0 Å². The summed E-state index contributed by atoms with van der Waals surface area (Å²) in [6.45, 7) is -0.234. The smallest absolute Gasteiger partial charge is 0.415 e. The van der Waals surface area contributed by atoms with Crippen LogP contribution < -0.4 is 0 Å². The number of halogens is 3. The lowest BCUT2D eigenvalue weighted by Crippen LogP contribution is -2.23. The first-order valence-electron chi connectivity index (χ1n) is 3.56. The Balaban J connectivity index is 2.56. The fourth-order valence-electron chi connectivity index (χ4n) is 0.965. The first kappa shape index (κ1) is 9.38. The summed E-state index contributed by atoms with van der Waals surface area (Å²) in [6.07, 6.45) is -3.92. The Kier molecular flexibility index (Phi) is 2.62. The third-order valence-electron chi connectivity index (χ3n) is 1.71. The number of hydrogen-bond acceptors (Lipinski definition) is 2. The summed E-state index contributed by atoms with van der Waals surface area (Å²) in [5.41, 5.74) is -0.660. The number of rotatable bonds is 1. The largest absolute Gasteiger partial charge is 0.495 e. The van der Waals surface area contributed by atoms with Crippen molar-refractivity contribution in [2.45, 2.75) is 25.1 Å². The van der Waals surface area contributed by atoms with Gasteiger partial charge in [-0.1, -0.05) is 0 Å². The molecule has 1 aliphatic rings. The Bertz CT molecular complexity index is 186. The van der Waals surface area contributed by atoms with Crippen molar-refractivity contribution in [2.75, 3.05) is 6.61 Å². The molecule has 1 heterocycles. The van der Waals surface area contributed by atoms with Gasteiger partial charge in [-0.3, -0.25) is 0 Å². The van der Waals surface area contributed by atoms with E-state index in [1.807, 2.05) is 0 Å². The van der Waals surface area contributed by atoms with Crippen LogP contribution in [-0.4, -0.2) is 24.0 Å². The zero-order valence-electron chi connectivity index (χ0n) is 6.27. The average Bonchev–Trinajstić information content (AvgIpc) is 2.03. The minimum atomic E-state index is -4.29. The molecule has 0 bridgehead atoms. The maximum atomic E-state index is 12.0. The molecule has 2 nitrogen and oxygen atoms in total. The van der Waals surface area contributed by atoms with E-state index in [-0.39, 0.29) is 19.4 Å². The standard InChI is InChI=1S/C7H9F3O2/c8-7(9,10)5-1-2-6(3-11)12-4-5/h4,6,11H,1-3H2/t6-/m1/s1. The van der Waals surface area contributed by atoms with Gasteiger partial charge in [0.25, 0.3) is 0 Å². The molecule has 0 fully saturated rings. The van der Waals surface area contributed by atoms with E-state index in [1.54, 1.807) is 0 Å². The Hall–Kier alpha value is -0.710. The van der Waals surface area contributed by atoms with Gasteiger partial charge in [0.05, 0.1) is 18.4 Å². The van der Waals surface area contributed by atoms with Gasteiger partial charge >= 0.3 is 6.18 Å². The molecule has 0 aromatic rings. The van der Waals surface area contributed by atoms with Gasteiger partial charge < -0.3 is 9.84 Å². The van der Waals surface area contributed by atoms with Crippen molar-refractivity contribution >= 4 is 0 Å². The first-order chi connectivity index (χ1) is 5.54. The van der Waals surface area contributed by atoms with E-state index in [0.717, 1.165) is 0 Å². The normalized spacial score (nSPS) is 24.7. The van der Waals surface area contributed by atoms with Crippen molar-refractivity contribution < 1.29 is 23.0 Å². The molecular weight excluding hydrogens is 173 g/mol. The van der Waals surface area contributed by atoms with Crippen molar-refractivity contribution in [3.05, 3.63) is 11.8 Å². The lowest BCUT2D eigenvalue weighted by Gasteiger charge is -2.22. The summed E-state index contributed by atoms with van der Waals surface area (Å²) >= 11 is 0. The van der Waals surface area contributed by atoms with E-state index in [4.69, 9.17) is 5.11 Å². The molecule has 0 saturated heterocycles. The van der Waals surface area contributed by atoms with Gasteiger partial charge in [-0.2, -0.15) is 13.2 Å². The van der Waals surface area contributed by atoms with Crippen LogP contribution in [0.5, 0.6) is 0 Å². The van der Waals surface area contributed by atoms with E-state index in [2.05, 4.69) is 4.74 Å². The average molecular weight is 182 g/mol. The molecule has 1 atom stereocenters. The highest BCUT2D eigenvalue weighted by molar-refractivity contribution is 5.08. The van der Waals surface area contributed by atoms with E-state index in [1.165, 1.54) is 0 Å². The highest BCUT2D eigenvalue weighted by Crippen LogP contribution is 2.32. The predicted octanol–water partition coefficient (Wildman–Crippen LogP) is 1.60. The van der Waals surface area contributed by atoms with Gasteiger partial charge in [0.2, 0.25) is 0 Å². The summed E-state index contributed by atoms with van der Waals surface area (Å²) in [7, 11) is 0. The molecule has 0 unspecified atom stereocenters. The second-order valence-electron chi connectivity index (χ2n) is 2.62. The van der Waals surface area contributed by atoms with Crippen LogP contribution in [0.2, 0.25) is 0 Å². The molecule has 0 spiro atoms. The molecule has 0 aromatic heterocycles. The maximum Gasteiger partial charge on any atom is 0.415 e. The van der Waals surface area contributed by atoms with Crippen LogP contribution in [0.3, 0.4) is 0 Å². The van der Waals surface area contributed by atoms with Crippen molar-refractivity contribution in [1.82, 2.24) is 0 Å². The zero-order valence-corrected chi connectivity index (χ0v) is 6.27. The number of aliphatic hydroxyl groups excluding tert-OH is 1. The predicted molar refractivity (Wildman–Crippen MR) is 35.3 cm³/mol. The minimum Gasteiger partial charge on any atom is -0.495 e. The third-order valence-corrected chi connectivity index (χ3v) is 1.71. The van der Waals surface area contributed by atoms with Gasteiger partial charge in [-0.25, -0.2) is 0 Å². The Labute approximate surface area is 67.6 Å². The van der Waals surface area contributed by atoms with Crippen molar-refractivity contribution in [3.8, 4) is 0 Å². The van der Waals surface area contributed by atoms with Crippen molar-refractivity contribution in [2.24, 2.45) is 0 Å². The second kappa shape index (κ2) is 3.35. The highest BCUT2D eigenvalue weighted by atomic mass is 19.4. The van der Waals surface area contributed by atoms with Crippen molar-refractivity contribution in [1.29, 1.82) is 0 Å². The lowest BCUT2D eigenvalue weighted by atomic mass is 10.1. The quantitative estimate of drug-likeness (QED) is 0.667.